The van der Waals surface area contributed by atoms with Gasteiger partial charge in [-0.15, -0.1) is 0 Å². The quantitative estimate of drug-likeness (QED) is 0.658. The number of oxazole rings is 1. The van der Waals surface area contributed by atoms with Gasteiger partial charge in [-0.05, 0) is 18.6 Å². The monoisotopic (exact) mass is 340 g/mol. The van der Waals surface area contributed by atoms with E-state index in [9.17, 15) is 9.90 Å². The maximum Gasteiger partial charge on any atom is 0.220 e. The number of amides is 1. The summed E-state index contributed by atoms with van der Waals surface area (Å²) < 4.78 is 10.8. The van der Waals surface area contributed by atoms with E-state index in [4.69, 9.17) is 8.83 Å². The highest BCUT2D eigenvalue weighted by Gasteiger charge is 2.12. The Balaban J connectivity index is 1.39. The van der Waals surface area contributed by atoms with Gasteiger partial charge in [0.05, 0.1) is 19.0 Å². The van der Waals surface area contributed by atoms with Gasteiger partial charge in [-0.1, -0.05) is 30.3 Å². The van der Waals surface area contributed by atoms with E-state index in [1.165, 1.54) is 6.26 Å². The second-order valence-electron chi connectivity index (χ2n) is 5.67. The molecule has 1 unspecified atom stereocenters. The molecule has 0 saturated heterocycles. The Bertz CT molecular complexity index is 781. The Hall–Kier alpha value is -2.86. The summed E-state index contributed by atoms with van der Waals surface area (Å²) in [5.74, 6) is 1.65. The van der Waals surface area contributed by atoms with Crippen molar-refractivity contribution in [3.63, 3.8) is 0 Å². The van der Waals surface area contributed by atoms with Gasteiger partial charge in [-0.25, -0.2) is 4.98 Å². The second-order valence-corrected chi connectivity index (χ2v) is 5.67. The minimum atomic E-state index is -0.834. The smallest absolute Gasteiger partial charge is 0.220 e. The number of hydrogen-bond donors (Lipinski definition) is 2. The van der Waals surface area contributed by atoms with Crippen molar-refractivity contribution < 1.29 is 18.7 Å². The Kier molecular flexibility index (Phi) is 5.64. The molecule has 130 valence electrons. The van der Waals surface area contributed by atoms with Crippen molar-refractivity contribution in [1.29, 1.82) is 0 Å². The molecular weight excluding hydrogens is 320 g/mol. The summed E-state index contributed by atoms with van der Waals surface area (Å²) in [4.78, 5) is 16.1. The molecule has 6 heteroatoms. The maximum absolute atomic E-state index is 11.8. The van der Waals surface area contributed by atoms with Gasteiger partial charge in [0.15, 0.2) is 11.7 Å². The molecule has 0 spiro atoms. The van der Waals surface area contributed by atoms with Crippen LogP contribution in [-0.2, 0) is 11.2 Å². The first-order valence-corrected chi connectivity index (χ1v) is 8.20. The van der Waals surface area contributed by atoms with E-state index in [2.05, 4.69) is 10.3 Å². The molecular formula is C19H20N2O4. The summed E-state index contributed by atoms with van der Waals surface area (Å²) in [5, 5.41) is 12.5. The molecule has 0 bridgehead atoms. The van der Waals surface area contributed by atoms with E-state index in [1.807, 2.05) is 30.3 Å². The predicted octanol–water partition coefficient (Wildman–Crippen LogP) is 3.11. The van der Waals surface area contributed by atoms with Gasteiger partial charge < -0.3 is 19.3 Å². The molecule has 0 fully saturated rings. The zero-order valence-electron chi connectivity index (χ0n) is 13.7. The Morgan fingerprint density at radius 1 is 1.20 bits per heavy atom. The van der Waals surface area contributed by atoms with Crippen molar-refractivity contribution in [3.8, 4) is 11.3 Å². The molecule has 2 aromatic heterocycles. The highest BCUT2D eigenvalue weighted by atomic mass is 16.4. The van der Waals surface area contributed by atoms with Crippen LogP contribution in [0.3, 0.4) is 0 Å². The lowest BCUT2D eigenvalue weighted by Crippen LogP contribution is -2.28. The van der Waals surface area contributed by atoms with E-state index in [0.29, 0.717) is 30.9 Å². The fourth-order valence-electron chi connectivity index (χ4n) is 2.44. The van der Waals surface area contributed by atoms with Gasteiger partial charge in [0.25, 0.3) is 0 Å². The molecule has 1 aromatic carbocycles. The van der Waals surface area contributed by atoms with E-state index in [1.54, 1.807) is 18.3 Å². The number of rotatable bonds is 8. The number of hydrogen-bond acceptors (Lipinski definition) is 5. The van der Waals surface area contributed by atoms with Gasteiger partial charge in [0, 0.05) is 18.4 Å². The third-order valence-electron chi connectivity index (χ3n) is 3.77. The van der Waals surface area contributed by atoms with Crippen molar-refractivity contribution >= 4 is 5.91 Å². The fourth-order valence-corrected chi connectivity index (χ4v) is 2.44. The first-order valence-electron chi connectivity index (χ1n) is 8.20. The Morgan fingerprint density at radius 2 is 2.04 bits per heavy atom. The molecule has 6 nitrogen and oxygen atoms in total. The number of carbonyl (C=O) groups is 1. The number of aryl methyl sites for hydroxylation is 1. The standard InChI is InChI=1S/C19H20N2O4/c22-15(16-8-5-11-24-16)12-20-18(23)9-4-10-19-21-13-17(25-19)14-6-2-1-3-7-14/h1-3,5-8,11,13,15,22H,4,9-10,12H2,(H,20,23). The average Bonchev–Trinajstić information content (AvgIpc) is 3.32. The van der Waals surface area contributed by atoms with Crippen LogP contribution in [-0.4, -0.2) is 22.5 Å². The predicted molar refractivity (Wildman–Crippen MR) is 91.6 cm³/mol. The lowest BCUT2D eigenvalue weighted by atomic mass is 10.2. The molecule has 3 aromatic rings. The van der Waals surface area contributed by atoms with Crippen LogP contribution in [0, 0.1) is 0 Å². The minimum Gasteiger partial charge on any atom is -0.467 e. The molecule has 1 atom stereocenters. The largest absolute Gasteiger partial charge is 0.467 e. The van der Waals surface area contributed by atoms with Crippen LogP contribution >= 0.6 is 0 Å². The van der Waals surface area contributed by atoms with Crippen LogP contribution in [0.4, 0.5) is 0 Å². The molecule has 2 heterocycles. The van der Waals surface area contributed by atoms with Gasteiger partial charge in [-0.3, -0.25) is 4.79 Å². The zero-order valence-corrected chi connectivity index (χ0v) is 13.7. The Morgan fingerprint density at radius 3 is 2.80 bits per heavy atom. The second kappa shape index (κ2) is 8.30. The number of nitrogens with one attached hydrogen (secondary N) is 1. The summed E-state index contributed by atoms with van der Waals surface area (Å²) in [7, 11) is 0. The van der Waals surface area contributed by atoms with Crippen molar-refractivity contribution in [1.82, 2.24) is 10.3 Å². The first kappa shape index (κ1) is 17.0. The molecule has 0 aliphatic rings. The zero-order chi connectivity index (χ0) is 17.5. The Labute approximate surface area is 145 Å². The lowest BCUT2D eigenvalue weighted by molar-refractivity contribution is -0.121. The van der Waals surface area contributed by atoms with Gasteiger partial charge in [-0.2, -0.15) is 0 Å². The van der Waals surface area contributed by atoms with Crippen LogP contribution < -0.4 is 5.32 Å². The highest BCUT2D eigenvalue weighted by molar-refractivity contribution is 5.75. The molecule has 0 radical (unpaired) electrons. The van der Waals surface area contributed by atoms with E-state index < -0.39 is 6.10 Å². The minimum absolute atomic E-state index is 0.125. The molecule has 3 rings (SSSR count). The molecule has 1 amide bonds. The summed E-state index contributed by atoms with van der Waals surface area (Å²) in [5.41, 5.74) is 0.978. The van der Waals surface area contributed by atoms with Crippen LogP contribution in [0.25, 0.3) is 11.3 Å². The summed E-state index contributed by atoms with van der Waals surface area (Å²) >= 11 is 0. The topological polar surface area (TPSA) is 88.5 Å². The number of aromatic nitrogens is 1. The highest BCUT2D eigenvalue weighted by Crippen LogP contribution is 2.20. The first-order chi connectivity index (χ1) is 12.2. The van der Waals surface area contributed by atoms with E-state index >= 15 is 0 Å². The molecule has 0 saturated carbocycles. The van der Waals surface area contributed by atoms with Gasteiger partial charge in [0.1, 0.15) is 11.9 Å². The number of benzene rings is 1. The number of furan rings is 1. The third kappa shape index (κ3) is 4.81. The maximum atomic E-state index is 11.8. The van der Waals surface area contributed by atoms with Crippen molar-refractivity contribution in [2.24, 2.45) is 0 Å². The average molecular weight is 340 g/mol. The van der Waals surface area contributed by atoms with Crippen LogP contribution in [0.5, 0.6) is 0 Å². The number of aliphatic hydroxyl groups excluding tert-OH is 1. The number of nitrogens with zero attached hydrogens (tertiary/aromatic N) is 1. The normalized spacial score (nSPS) is 12.0. The lowest BCUT2D eigenvalue weighted by Gasteiger charge is -2.09. The van der Waals surface area contributed by atoms with Crippen molar-refractivity contribution in [3.05, 3.63) is 66.6 Å². The molecule has 0 aliphatic carbocycles. The van der Waals surface area contributed by atoms with Crippen LogP contribution in [0.1, 0.15) is 30.6 Å². The van der Waals surface area contributed by atoms with Gasteiger partial charge >= 0.3 is 0 Å². The van der Waals surface area contributed by atoms with E-state index in [-0.39, 0.29) is 12.5 Å². The van der Waals surface area contributed by atoms with E-state index in [0.717, 1.165) is 11.3 Å². The summed E-state index contributed by atoms with van der Waals surface area (Å²) in [6.07, 6.45) is 3.90. The van der Waals surface area contributed by atoms with Crippen LogP contribution in [0.15, 0.2) is 63.8 Å². The summed E-state index contributed by atoms with van der Waals surface area (Å²) in [6, 6.07) is 13.1. The number of aliphatic hydroxyl groups is 1. The summed E-state index contributed by atoms with van der Waals surface area (Å²) in [6.45, 7) is 0.128. The molecule has 2 N–H and O–H groups in total. The SMILES string of the molecule is O=C(CCCc1ncc(-c2ccccc2)o1)NCC(O)c1ccco1. The molecule has 25 heavy (non-hydrogen) atoms. The molecule has 0 aliphatic heterocycles. The van der Waals surface area contributed by atoms with Gasteiger partial charge in [0.2, 0.25) is 5.91 Å². The van der Waals surface area contributed by atoms with Crippen molar-refractivity contribution in [2.75, 3.05) is 6.54 Å². The van der Waals surface area contributed by atoms with Crippen LogP contribution in [0.2, 0.25) is 0 Å². The number of carbonyl (C=O) groups excluding carboxylic acids is 1. The fraction of sp³-hybridized carbons (Fsp3) is 0.263. The van der Waals surface area contributed by atoms with Crippen molar-refractivity contribution in [2.45, 2.75) is 25.4 Å². The third-order valence-corrected chi connectivity index (χ3v) is 3.77.